The molecule has 4 aromatic rings. The third-order valence-electron chi connectivity index (χ3n) is 5.78. The Bertz CT molecular complexity index is 1220. The van der Waals surface area contributed by atoms with Crippen molar-refractivity contribution in [2.45, 2.75) is 25.9 Å². The maximum Gasteiger partial charge on any atom is 0.347 e. The van der Waals surface area contributed by atoms with Gasteiger partial charge in [-0.1, -0.05) is 0 Å². The molecule has 1 aliphatic rings. The van der Waals surface area contributed by atoms with Gasteiger partial charge in [-0.15, -0.1) is 0 Å². The van der Waals surface area contributed by atoms with Crippen molar-refractivity contribution in [3.8, 4) is 11.3 Å². The van der Waals surface area contributed by atoms with Crippen LogP contribution in [0.2, 0.25) is 0 Å². The van der Waals surface area contributed by atoms with Crippen LogP contribution in [0.4, 0.5) is 5.82 Å². The van der Waals surface area contributed by atoms with E-state index in [0.717, 1.165) is 24.3 Å². The van der Waals surface area contributed by atoms with E-state index in [1.807, 2.05) is 24.4 Å². The van der Waals surface area contributed by atoms with Crippen LogP contribution in [0.3, 0.4) is 0 Å². The predicted molar refractivity (Wildman–Crippen MR) is 111 cm³/mol. The van der Waals surface area contributed by atoms with E-state index in [1.165, 1.54) is 0 Å². The summed E-state index contributed by atoms with van der Waals surface area (Å²) in [5.74, 6) is 1.37. The minimum absolute atomic E-state index is 0.345. The molecule has 5 rings (SSSR count). The molecule has 0 bridgehead atoms. The molecule has 1 aliphatic heterocycles. The van der Waals surface area contributed by atoms with Crippen molar-refractivity contribution in [3.63, 3.8) is 0 Å². The number of anilines is 1. The lowest BCUT2D eigenvalue weighted by molar-refractivity contribution is 0.169. The number of aromatic nitrogens is 4. The Morgan fingerprint density at radius 2 is 1.93 bits per heavy atom. The number of fused-ring (bicyclic) bond motifs is 2. The maximum atomic E-state index is 12.6. The fraction of sp³-hybridized carbons (Fsp3) is 0.333. The SMILES string of the molecule is CC1CN(c2ccc3cc(-c4cn5cccnc5n4)c(=O)oc3n2)CC(C)N1C. The normalized spacial score (nSPS) is 20.6. The number of likely N-dealkylation sites (N-methyl/N-ethyl adjacent to an activating group) is 1. The van der Waals surface area contributed by atoms with Crippen LogP contribution in [-0.4, -0.2) is 56.5 Å². The highest BCUT2D eigenvalue weighted by molar-refractivity contribution is 5.80. The van der Waals surface area contributed by atoms with Gasteiger partial charge >= 0.3 is 5.63 Å². The third kappa shape index (κ3) is 3.05. The molecule has 0 spiro atoms. The minimum Gasteiger partial charge on any atom is -0.403 e. The molecule has 0 saturated carbocycles. The number of rotatable bonds is 2. The summed E-state index contributed by atoms with van der Waals surface area (Å²) in [4.78, 5) is 30.5. The molecule has 0 N–H and O–H groups in total. The lowest BCUT2D eigenvalue weighted by atomic mass is 10.1. The zero-order valence-corrected chi connectivity index (χ0v) is 16.6. The summed E-state index contributed by atoms with van der Waals surface area (Å²) in [6, 6.07) is 8.39. The van der Waals surface area contributed by atoms with Crippen LogP contribution in [0.5, 0.6) is 0 Å². The molecule has 29 heavy (non-hydrogen) atoms. The number of piperazine rings is 1. The number of hydrogen-bond acceptors (Lipinski definition) is 7. The van der Waals surface area contributed by atoms with Gasteiger partial charge in [0.25, 0.3) is 0 Å². The first-order chi connectivity index (χ1) is 14.0. The second-order valence-corrected chi connectivity index (χ2v) is 7.73. The van der Waals surface area contributed by atoms with Crippen molar-refractivity contribution in [1.82, 2.24) is 24.3 Å². The van der Waals surface area contributed by atoms with E-state index in [9.17, 15) is 4.79 Å². The summed E-state index contributed by atoms with van der Waals surface area (Å²) in [6.07, 6.45) is 5.28. The number of hydrogen-bond donors (Lipinski definition) is 0. The van der Waals surface area contributed by atoms with Crippen molar-refractivity contribution in [1.29, 1.82) is 0 Å². The summed E-state index contributed by atoms with van der Waals surface area (Å²) >= 11 is 0. The zero-order chi connectivity index (χ0) is 20.1. The van der Waals surface area contributed by atoms with Gasteiger partial charge in [0, 0.05) is 49.1 Å². The van der Waals surface area contributed by atoms with Crippen LogP contribution in [0.25, 0.3) is 28.1 Å². The fourth-order valence-electron chi connectivity index (χ4n) is 3.90. The van der Waals surface area contributed by atoms with Gasteiger partial charge < -0.3 is 9.32 Å². The lowest BCUT2D eigenvalue weighted by Gasteiger charge is -2.42. The summed E-state index contributed by atoms with van der Waals surface area (Å²) in [5.41, 5.74) is 0.826. The molecule has 8 nitrogen and oxygen atoms in total. The lowest BCUT2D eigenvalue weighted by Crippen LogP contribution is -2.55. The molecule has 0 radical (unpaired) electrons. The molecule has 1 fully saturated rings. The van der Waals surface area contributed by atoms with Crippen molar-refractivity contribution >= 4 is 22.7 Å². The van der Waals surface area contributed by atoms with Crippen LogP contribution >= 0.6 is 0 Å². The summed E-state index contributed by atoms with van der Waals surface area (Å²) in [6.45, 7) is 6.19. The van der Waals surface area contributed by atoms with Crippen molar-refractivity contribution in [2.24, 2.45) is 0 Å². The van der Waals surface area contributed by atoms with Gasteiger partial charge in [-0.25, -0.2) is 14.8 Å². The van der Waals surface area contributed by atoms with Crippen LogP contribution in [0, 0.1) is 0 Å². The molecule has 2 unspecified atom stereocenters. The average Bonchev–Trinajstić information content (AvgIpc) is 3.14. The first-order valence-electron chi connectivity index (χ1n) is 9.71. The molecule has 5 heterocycles. The van der Waals surface area contributed by atoms with Gasteiger partial charge in [0.1, 0.15) is 5.82 Å². The highest BCUT2D eigenvalue weighted by Gasteiger charge is 2.27. The topological polar surface area (TPSA) is 79.8 Å². The van der Waals surface area contributed by atoms with E-state index >= 15 is 0 Å². The van der Waals surface area contributed by atoms with Crippen LogP contribution in [-0.2, 0) is 0 Å². The van der Waals surface area contributed by atoms with Gasteiger partial charge in [-0.05, 0) is 45.2 Å². The molecule has 0 amide bonds. The largest absolute Gasteiger partial charge is 0.403 e. The Balaban J connectivity index is 1.53. The van der Waals surface area contributed by atoms with Gasteiger partial charge in [0.2, 0.25) is 11.5 Å². The van der Waals surface area contributed by atoms with Crippen molar-refractivity contribution < 1.29 is 4.42 Å². The average molecular weight is 390 g/mol. The van der Waals surface area contributed by atoms with Crippen molar-refractivity contribution in [2.75, 3.05) is 25.0 Å². The number of imidazole rings is 1. The molecule has 148 valence electrons. The monoisotopic (exact) mass is 390 g/mol. The van der Waals surface area contributed by atoms with E-state index in [0.29, 0.717) is 34.8 Å². The molecule has 8 heteroatoms. The molecule has 4 aromatic heterocycles. The Labute approximate surface area is 167 Å². The first kappa shape index (κ1) is 17.8. The Morgan fingerprint density at radius 3 is 2.69 bits per heavy atom. The van der Waals surface area contributed by atoms with Crippen LogP contribution in [0.15, 0.2) is 52.1 Å². The smallest absolute Gasteiger partial charge is 0.347 e. The zero-order valence-electron chi connectivity index (χ0n) is 16.6. The van der Waals surface area contributed by atoms with E-state index in [4.69, 9.17) is 4.42 Å². The third-order valence-corrected chi connectivity index (χ3v) is 5.78. The molecule has 0 aliphatic carbocycles. The fourth-order valence-corrected chi connectivity index (χ4v) is 3.90. The minimum atomic E-state index is -0.453. The van der Waals surface area contributed by atoms with Gasteiger partial charge in [-0.3, -0.25) is 9.30 Å². The van der Waals surface area contributed by atoms with Gasteiger partial charge in [-0.2, -0.15) is 4.98 Å². The molecule has 2 atom stereocenters. The maximum absolute atomic E-state index is 12.6. The van der Waals surface area contributed by atoms with Gasteiger partial charge in [0.05, 0.1) is 11.3 Å². The van der Waals surface area contributed by atoms with Gasteiger partial charge in [0.15, 0.2) is 0 Å². The van der Waals surface area contributed by atoms with Crippen LogP contribution in [0.1, 0.15) is 13.8 Å². The number of nitrogens with zero attached hydrogens (tertiary/aromatic N) is 6. The van der Waals surface area contributed by atoms with E-state index in [-0.39, 0.29) is 0 Å². The first-order valence-corrected chi connectivity index (χ1v) is 9.71. The Hall–Kier alpha value is -3.26. The quantitative estimate of drug-likeness (QED) is 0.520. The number of pyridine rings is 1. The second kappa shape index (κ2) is 6.66. The van der Waals surface area contributed by atoms with Crippen molar-refractivity contribution in [3.05, 3.63) is 53.3 Å². The molecular formula is C21H22N6O2. The Morgan fingerprint density at radius 1 is 1.14 bits per heavy atom. The molecule has 0 aromatic carbocycles. The predicted octanol–water partition coefficient (Wildman–Crippen LogP) is 2.43. The van der Waals surface area contributed by atoms with Crippen LogP contribution < -0.4 is 10.5 Å². The summed E-state index contributed by atoms with van der Waals surface area (Å²) < 4.78 is 7.35. The van der Waals surface area contributed by atoms with E-state index in [2.05, 4.69) is 45.6 Å². The van der Waals surface area contributed by atoms with E-state index < -0.39 is 5.63 Å². The molecular weight excluding hydrogens is 368 g/mol. The highest BCUT2D eigenvalue weighted by atomic mass is 16.4. The van der Waals surface area contributed by atoms with E-state index in [1.54, 1.807) is 22.9 Å². The Kier molecular flexibility index (Phi) is 4.09. The standard InChI is InChI=1S/C21H22N6O2/c1-13-10-27(11-14(2)25(13)3)18-6-5-15-9-16(20(28)29-19(15)24-18)17-12-26-8-4-7-22-21(26)23-17/h4-9,12-14H,10-11H2,1-3H3. The second-order valence-electron chi connectivity index (χ2n) is 7.73. The summed E-state index contributed by atoms with van der Waals surface area (Å²) in [7, 11) is 2.15. The summed E-state index contributed by atoms with van der Waals surface area (Å²) in [5, 5.41) is 0.767. The molecule has 1 saturated heterocycles. The highest BCUT2D eigenvalue weighted by Crippen LogP contribution is 2.24.